The molecule has 7 amide bonds. The third-order valence-corrected chi connectivity index (χ3v) is 10.5. The van der Waals surface area contributed by atoms with Gasteiger partial charge >= 0.3 is 5.97 Å². The Labute approximate surface area is 366 Å². The zero-order chi connectivity index (χ0) is 46.8. The number of carbonyl (C=O) groups is 8. The highest BCUT2D eigenvalue weighted by molar-refractivity contribution is 5.98. The highest BCUT2D eigenvalue weighted by atomic mass is 16.4. The van der Waals surface area contributed by atoms with Gasteiger partial charge in [0.15, 0.2) is 0 Å². The van der Waals surface area contributed by atoms with Gasteiger partial charge in [-0.2, -0.15) is 0 Å². The Bertz CT molecular complexity index is 1880. The maximum absolute atomic E-state index is 14.2. The van der Waals surface area contributed by atoms with Crippen LogP contribution in [0.5, 0.6) is 5.75 Å². The van der Waals surface area contributed by atoms with Crippen LogP contribution >= 0.6 is 0 Å². The van der Waals surface area contributed by atoms with Crippen LogP contribution in [0.15, 0.2) is 54.6 Å². The van der Waals surface area contributed by atoms with Crippen LogP contribution in [0.2, 0.25) is 0 Å². The second-order valence-electron chi connectivity index (χ2n) is 16.3. The zero-order valence-electron chi connectivity index (χ0n) is 36.0. The van der Waals surface area contributed by atoms with E-state index in [9.17, 15) is 53.7 Å². The number of phenols is 1. The summed E-state index contributed by atoms with van der Waals surface area (Å²) in [6.45, 7) is 5.09. The summed E-state index contributed by atoms with van der Waals surface area (Å²) >= 11 is 0. The van der Waals surface area contributed by atoms with Crippen molar-refractivity contribution in [2.24, 2.45) is 23.1 Å². The van der Waals surface area contributed by atoms with Crippen molar-refractivity contribution in [3.8, 4) is 5.75 Å². The number of carbonyl (C=O) groups excluding carboxylic acids is 7. The number of amides is 7. The summed E-state index contributed by atoms with van der Waals surface area (Å²) in [5, 5.41) is 42.9. The molecule has 0 radical (unpaired) electrons. The molecule has 1 aliphatic rings. The summed E-state index contributed by atoms with van der Waals surface area (Å²) in [7, 11) is 0. The number of primary amides is 1. The van der Waals surface area contributed by atoms with Gasteiger partial charge in [-0.1, -0.05) is 56.3 Å². The lowest BCUT2D eigenvalue weighted by molar-refractivity contribution is -0.144. The number of carboxylic acid groups (broad SMARTS) is 1. The van der Waals surface area contributed by atoms with Crippen molar-refractivity contribution in [1.29, 1.82) is 0 Å². The SMILES string of the molecule is CC(C)C[C@H](NC(=O)[C@H](CC(N)=O)NC(=O)[C@H](CCCCN)NC(=O)[C@@H]1CCCN1C(=O)[C@@H](NC(=O)[C@H](Cc1ccc(O)cc1)NC(=O)[C@@H](N)Cc1ccccc1)[C@@H](C)O)C(=O)O. The van der Waals surface area contributed by atoms with E-state index in [1.54, 1.807) is 50.2 Å². The number of hydrogen-bond acceptors (Lipinski definition) is 12. The summed E-state index contributed by atoms with van der Waals surface area (Å²) < 4.78 is 0. The quantitative estimate of drug-likeness (QED) is 0.0503. The fourth-order valence-electron chi connectivity index (χ4n) is 7.12. The summed E-state index contributed by atoms with van der Waals surface area (Å²) in [4.78, 5) is 107. The molecule has 0 saturated carbocycles. The van der Waals surface area contributed by atoms with E-state index in [0.717, 1.165) is 5.56 Å². The van der Waals surface area contributed by atoms with Gasteiger partial charge in [0.1, 0.15) is 42.0 Å². The number of aliphatic hydroxyl groups excluding tert-OH is 1. The second kappa shape index (κ2) is 25.1. The third kappa shape index (κ3) is 16.6. The van der Waals surface area contributed by atoms with Crippen LogP contribution in [0.4, 0.5) is 0 Å². The molecule has 0 bridgehead atoms. The molecule has 1 fully saturated rings. The number of rotatable bonds is 25. The smallest absolute Gasteiger partial charge is 0.326 e. The van der Waals surface area contributed by atoms with Gasteiger partial charge in [0.2, 0.25) is 41.4 Å². The average molecular weight is 882 g/mol. The van der Waals surface area contributed by atoms with Crippen LogP contribution in [0, 0.1) is 5.92 Å². The van der Waals surface area contributed by atoms with E-state index in [-0.39, 0.29) is 56.9 Å². The molecule has 0 aromatic heterocycles. The predicted octanol–water partition coefficient (Wildman–Crippen LogP) is -1.56. The van der Waals surface area contributed by atoms with E-state index < -0.39 is 102 Å². The van der Waals surface area contributed by atoms with Crippen LogP contribution < -0.4 is 43.8 Å². The normalized spacial score (nSPS) is 16.9. The van der Waals surface area contributed by atoms with Crippen molar-refractivity contribution >= 4 is 47.3 Å². The zero-order valence-corrected chi connectivity index (χ0v) is 36.0. The van der Waals surface area contributed by atoms with Gasteiger partial charge in [0.05, 0.1) is 18.6 Å². The molecule has 346 valence electrons. The minimum absolute atomic E-state index is 0.0250. The standard InChI is InChI=1S/C43H63N9O11/c1-24(2)20-33(43(62)63)50-39(58)32(23-35(46)55)49-38(57)30(12-7-8-18-44)47-41(60)34-13-9-19-52(34)42(61)36(25(3)53)51-40(59)31(22-27-14-16-28(54)17-15-27)48-37(56)29(45)21-26-10-5-4-6-11-26/h4-6,10-11,14-17,24-25,29-34,36,53-54H,7-9,12-13,18-23,44-45H2,1-3H3,(H2,46,55)(H,47,60)(H,48,56)(H,49,57)(H,50,58)(H,51,59)(H,62,63)/t25-,29+,30+,31+,32+,33+,34+,36+/m1/s1. The van der Waals surface area contributed by atoms with Crippen molar-refractivity contribution in [2.75, 3.05) is 13.1 Å². The van der Waals surface area contributed by atoms with E-state index in [2.05, 4.69) is 26.6 Å². The summed E-state index contributed by atoms with van der Waals surface area (Å²) in [6, 6.07) is 5.60. The van der Waals surface area contributed by atoms with Crippen molar-refractivity contribution in [3.63, 3.8) is 0 Å². The molecule has 20 nitrogen and oxygen atoms in total. The number of nitrogens with two attached hydrogens (primary N) is 3. The van der Waals surface area contributed by atoms with Crippen molar-refractivity contribution in [2.45, 2.75) is 127 Å². The number of nitrogens with one attached hydrogen (secondary N) is 5. The lowest BCUT2D eigenvalue weighted by Gasteiger charge is -2.32. The first kappa shape index (κ1) is 51.2. The van der Waals surface area contributed by atoms with Crippen molar-refractivity contribution in [3.05, 3.63) is 65.7 Å². The second-order valence-corrected chi connectivity index (χ2v) is 16.3. The highest BCUT2D eigenvalue weighted by Gasteiger charge is 2.41. The number of hydrogen-bond donors (Lipinski definition) is 11. The Morgan fingerprint density at radius 3 is 1.92 bits per heavy atom. The molecule has 2 aromatic rings. The van der Waals surface area contributed by atoms with Crippen LogP contribution in [0.25, 0.3) is 0 Å². The molecule has 0 aliphatic carbocycles. The van der Waals surface area contributed by atoms with Gasteiger partial charge in [0.25, 0.3) is 0 Å². The van der Waals surface area contributed by atoms with Crippen LogP contribution in [0.1, 0.15) is 76.8 Å². The number of likely N-dealkylation sites (tertiary alicyclic amines) is 1. The van der Waals surface area contributed by atoms with E-state index in [1.807, 2.05) is 6.07 Å². The fourth-order valence-corrected chi connectivity index (χ4v) is 7.12. The molecule has 1 aliphatic heterocycles. The maximum Gasteiger partial charge on any atom is 0.326 e. The lowest BCUT2D eigenvalue weighted by atomic mass is 10.0. The highest BCUT2D eigenvalue weighted by Crippen LogP contribution is 2.21. The Morgan fingerprint density at radius 1 is 0.746 bits per heavy atom. The number of benzene rings is 2. The average Bonchev–Trinajstić information content (AvgIpc) is 3.72. The number of aliphatic carboxylic acids is 1. The number of phenolic OH excluding ortho intramolecular Hbond substituents is 1. The summed E-state index contributed by atoms with van der Waals surface area (Å²) in [5.41, 5.74) is 18.6. The fraction of sp³-hybridized carbons (Fsp3) is 0.535. The Kier molecular flexibility index (Phi) is 20.4. The van der Waals surface area contributed by atoms with Gasteiger partial charge in [-0.05, 0) is 87.6 Å². The van der Waals surface area contributed by atoms with E-state index >= 15 is 0 Å². The molecule has 20 heteroatoms. The molecule has 1 heterocycles. The van der Waals surface area contributed by atoms with E-state index in [1.165, 1.54) is 24.0 Å². The van der Waals surface area contributed by atoms with Crippen LogP contribution in [0.3, 0.4) is 0 Å². The molecular formula is C43H63N9O11. The van der Waals surface area contributed by atoms with Gasteiger partial charge in [-0.25, -0.2) is 4.79 Å². The number of nitrogens with zero attached hydrogens (tertiary/aromatic N) is 1. The number of unbranched alkanes of at least 4 members (excludes halogenated alkanes) is 1. The molecule has 3 rings (SSSR count). The van der Waals surface area contributed by atoms with Gasteiger partial charge < -0.3 is 64.0 Å². The Morgan fingerprint density at radius 2 is 1.33 bits per heavy atom. The summed E-state index contributed by atoms with van der Waals surface area (Å²) in [6.07, 6.45) is -0.697. The first-order chi connectivity index (χ1) is 29.8. The van der Waals surface area contributed by atoms with Crippen LogP contribution in [-0.4, -0.2) is 129 Å². The van der Waals surface area contributed by atoms with E-state index in [0.29, 0.717) is 24.8 Å². The largest absolute Gasteiger partial charge is 0.508 e. The molecule has 1 saturated heterocycles. The number of aliphatic hydroxyl groups is 1. The predicted molar refractivity (Wildman–Crippen MR) is 230 cm³/mol. The molecule has 8 atom stereocenters. The molecule has 63 heavy (non-hydrogen) atoms. The first-order valence-electron chi connectivity index (χ1n) is 21.1. The molecule has 2 aromatic carbocycles. The Balaban J connectivity index is 1.81. The monoisotopic (exact) mass is 881 g/mol. The van der Waals surface area contributed by atoms with Crippen LogP contribution in [-0.2, 0) is 51.2 Å². The van der Waals surface area contributed by atoms with E-state index in [4.69, 9.17) is 17.2 Å². The van der Waals surface area contributed by atoms with Crippen molar-refractivity contribution in [1.82, 2.24) is 31.5 Å². The third-order valence-electron chi connectivity index (χ3n) is 10.5. The van der Waals surface area contributed by atoms with Gasteiger partial charge in [0, 0.05) is 13.0 Å². The maximum atomic E-state index is 14.2. The molecule has 14 N–H and O–H groups in total. The molecule has 0 unspecified atom stereocenters. The molecular weight excluding hydrogens is 819 g/mol. The lowest BCUT2D eigenvalue weighted by Crippen LogP contribution is -2.61. The molecule has 0 spiro atoms. The van der Waals surface area contributed by atoms with Gasteiger partial charge in [-0.15, -0.1) is 0 Å². The first-order valence-corrected chi connectivity index (χ1v) is 21.1. The van der Waals surface area contributed by atoms with Gasteiger partial charge in [-0.3, -0.25) is 33.6 Å². The number of carboxylic acids is 1. The number of aromatic hydroxyl groups is 1. The summed E-state index contributed by atoms with van der Waals surface area (Å²) in [5.74, 6) is -7.35. The minimum Gasteiger partial charge on any atom is -0.508 e. The topological polar surface area (TPSA) is 339 Å². The van der Waals surface area contributed by atoms with Crippen molar-refractivity contribution < 1.29 is 53.7 Å². The minimum atomic E-state index is -1.59. The Hall–Kier alpha value is -6.12.